The molecule has 96 valence electrons. The Morgan fingerprint density at radius 1 is 1.29 bits per heavy atom. The second-order valence-corrected chi connectivity index (χ2v) is 5.36. The second kappa shape index (κ2) is 6.01. The van der Waals surface area contributed by atoms with Crippen LogP contribution in [-0.2, 0) is 12.0 Å². The van der Waals surface area contributed by atoms with Gasteiger partial charge in [0.25, 0.3) is 0 Å². The van der Waals surface area contributed by atoms with Crippen molar-refractivity contribution in [1.82, 2.24) is 4.98 Å². The van der Waals surface area contributed by atoms with Gasteiger partial charge in [0, 0.05) is 18.0 Å². The SMILES string of the molecule is CCCCOc1cc(CN)cc(C(C)(C)C)n1. The van der Waals surface area contributed by atoms with Crippen LogP contribution in [0.15, 0.2) is 12.1 Å². The maximum absolute atomic E-state index is 5.70. The zero-order valence-corrected chi connectivity index (χ0v) is 11.4. The first-order chi connectivity index (χ1) is 7.97. The number of hydrogen-bond donors (Lipinski definition) is 1. The number of hydrogen-bond acceptors (Lipinski definition) is 3. The Morgan fingerprint density at radius 3 is 2.53 bits per heavy atom. The fraction of sp³-hybridized carbons (Fsp3) is 0.643. The van der Waals surface area contributed by atoms with Gasteiger partial charge in [-0.2, -0.15) is 0 Å². The van der Waals surface area contributed by atoms with Gasteiger partial charge in [-0.3, -0.25) is 0 Å². The van der Waals surface area contributed by atoms with Gasteiger partial charge in [0.1, 0.15) is 0 Å². The molecule has 0 amide bonds. The van der Waals surface area contributed by atoms with Crippen molar-refractivity contribution >= 4 is 0 Å². The summed E-state index contributed by atoms with van der Waals surface area (Å²) in [5.74, 6) is 0.700. The van der Waals surface area contributed by atoms with Crippen molar-refractivity contribution in [3.8, 4) is 5.88 Å². The normalized spacial score (nSPS) is 11.6. The van der Waals surface area contributed by atoms with Crippen LogP contribution in [0.4, 0.5) is 0 Å². The number of aromatic nitrogens is 1. The third-order valence-corrected chi connectivity index (χ3v) is 2.61. The highest BCUT2D eigenvalue weighted by Gasteiger charge is 2.17. The van der Waals surface area contributed by atoms with E-state index in [1.165, 1.54) is 0 Å². The van der Waals surface area contributed by atoms with E-state index in [1.54, 1.807) is 0 Å². The highest BCUT2D eigenvalue weighted by Crippen LogP contribution is 2.24. The van der Waals surface area contributed by atoms with E-state index in [4.69, 9.17) is 10.5 Å². The molecule has 17 heavy (non-hydrogen) atoms. The maximum Gasteiger partial charge on any atom is 0.213 e. The summed E-state index contributed by atoms with van der Waals surface area (Å²) in [5.41, 5.74) is 7.84. The fourth-order valence-electron chi connectivity index (χ4n) is 1.46. The van der Waals surface area contributed by atoms with E-state index >= 15 is 0 Å². The first-order valence-electron chi connectivity index (χ1n) is 6.31. The average Bonchev–Trinajstić information content (AvgIpc) is 2.28. The second-order valence-electron chi connectivity index (χ2n) is 5.36. The first kappa shape index (κ1) is 14.0. The minimum Gasteiger partial charge on any atom is -0.478 e. The Labute approximate surface area is 104 Å². The number of pyridine rings is 1. The molecule has 0 atom stereocenters. The van der Waals surface area contributed by atoms with Crippen molar-refractivity contribution in [2.75, 3.05) is 6.61 Å². The summed E-state index contributed by atoms with van der Waals surface area (Å²) in [6.07, 6.45) is 2.18. The third kappa shape index (κ3) is 4.35. The van der Waals surface area contributed by atoms with E-state index in [0.717, 1.165) is 30.7 Å². The summed E-state index contributed by atoms with van der Waals surface area (Å²) >= 11 is 0. The lowest BCUT2D eigenvalue weighted by Gasteiger charge is -2.19. The molecular formula is C14H24N2O. The van der Waals surface area contributed by atoms with Gasteiger partial charge < -0.3 is 10.5 Å². The summed E-state index contributed by atoms with van der Waals surface area (Å²) in [4.78, 5) is 4.55. The number of unbranched alkanes of at least 4 members (excludes halogenated alkanes) is 1. The van der Waals surface area contributed by atoms with Crippen LogP contribution < -0.4 is 10.5 Å². The van der Waals surface area contributed by atoms with Crippen LogP contribution in [-0.4, -0.2) is 11.6 Å². The zero-order chi connectivity index (χ0) is 12.9. The largest absolute Gasteiger partial charge is 0.478 e. The molecule has 0 unspecified atom stereocenters. The molecule has 0 radical (unpaired) electrons. The lowest BCUT2D eigenvalue weighted by Crippen LogP contribution is -2.15. The molecule has 1 aromatic rings. The van der Waals surface area contributed by atoms with Gasteiger partial charge in [-0.25, -0.2) is 4.98 Å². The number of nitrogens with two attached hydrogens (primary N) is 1. The highest BCUT2D eigenvalue weighted by atomic mass is 16.5. The Hall–Kier alpha value is -1.09. The molecule has 0 saturated carbocycles. The van der Waals surface area contributed by atoms with Crippen molar-refractivity contribution in [2.24, 2.45) is 5.73 Å². The zero-order valence-electron chi connectivity index (χ0n) is 11.4. The summed E-state index contributed by atoms with van der Waals surface area (Å²) in [6.45, 7) is 9.83. The van der Waals surface area contributed by atoms with Crippen molar-refractivity contribution in [3.05, 3.63) is 23.4 Å². The quantitative estimate of drug-likeness (QED) is 0.799. The van der Waals surface area contributed by atoms with Crippen molar-refractivity contribution < 1.29 is 4.74 Å². The Kier molecular flexibility index (Phi) is 4.94. The van der Waals surface area contributed by atoms with E-state index in [0.29, 0.717) is 12.4 Å². The third-order valence-electron chi connectivity index (χ3n) is 2.61. The lowest BCUT2D eigenvalue weighted by molar-refractivity contribution is 0.295. The molecule has 1 aromatic heterocycles. The molecule has 1 rings (SSSR count). The molecule has 3 heteroatoms. The van der Waals surface area contributed by atoms with Crippen LogP contribution >= 0.6 is 0 Å². The van der Waals surface area contributed by atoms with E-state index < -0.39 is 0 Å². The Morgan fingerprint density at radius 2 is 2.00 bits per heavy atom. The molecule has 0 aliphatic rings. The monoisotopic (exact) mass is 236 g/mol. The molecule has 0 aliphatic carbocycles. The summed E-state index contributed by atoms with van der Waals surface area (Å²) < 4.78 is 5.66. The predicted molar refractivity (Wildman–Crippen MR) is 71.2 cm³/mol. The van der Waals surface area contributed by atoms with Crippen molar-refractivity contribution in [2.45, 2.75) is 52.5 Å². The van der Waals surface area contributed by atoms with Crippen LogP contribution in [0, 0.1) is 0 Å². The Bertz CT molecular complexity index is 356. The van der Waals surface area contributed by atoms with Gasteiger partial charge in [0.05, 0.1) is 12.3 Å². The molecule has 3 nitrogen and oxygen atoms in total. The Balaban J connectivity index is 2.89. The number of nitrogens with zero attached hydrogens (tertiary/aromatic N) is 1. The molecular weight excluding hydrogens is 212 g/mol. The van der Waals surface area contributed by atoms with E-state index in [9.17, 15) is 0 Å². The standard InChI is InChI=1S/C14H24N2O/c1-5-6-7-17-13-9-11(10-15)8-12(16-13)14(2,3)4/h8-9H,5-7,10,15H2,1-4H3. The lowest BCUT2D eigenvalue weighted by atomic mass is 9.91. The van der Waals surface area contributed by atoms with Gasteiger partial charge in [0.2, 0.25) is 5.88 Å². The van der Waals surface area contributed by atoms with Gasteiger partial charge >= 0.3 is 0 Å². The predicted octanol–water partition coefficient (Wildman–Crippen LogP) is 3.02. The van der Waals surface area contributed by atoms with Gasteiger partial charge in [-0.05, 0) is 18.1 Å². The minimum atomic E-state index is 0.0219. The van der Waals surface area contributed by atoms with E-state index in [1.807, 2.05) is 6.07 Å². The molecule has 1 heterocycles. The average molecular weight is 236 g/mol. The smallest absolute Gasteiger partial charge is 0.213 e. The topological polar surface area (TPSA) is 48.1 Å². The molecule has 0 aromatic carbocycles. The summed E-state index contributed by atoms with van der Waals surface area (Å²) in [6, 6.07) is 4.00. The molecule has 0 aliphatic heterocycles. The first-order valence-corrected chi connectivity index (χ1v) is 6.31. The molecule has 0 spiro atoms. The van der Waals surface area contributed by atoms with Crippen LogP contribution in [0.3, 0.4) is 0 Å². The minimum absolute atomic E-state index is 0.0219. The maximum atomic E-state index is 5.70. The van der Waals surface area contributed by atoms with Gasteiger partial charge in [0.15, 0.2) is 0 Å². The molecule has 0 saturated heterocycles. The van der Waals surface area contributed by atoms with Gasteiger partial charge in [-0.1, -0.05) is 34.1 Å². The highest BCUT2D eigenvalue weighted by molar-refractivity contribution is 5.28. The van der Waals surface area contributed by atoms with E-state index in [2.05, 4.69) is 38.7 Å². The van der Waals surface area contributed by atoms with Crippen LogP contribution in [0.2, 0.25) is 0 Å². The van der Waals surface area contributed by atoms with Crippen LogP contribution in [0.5, 0.6) is 5.88 Å². The molecule has 0 fully saturated rings. The van der Waals surface area contributed by atoms with E-state index in [-0.39, 0.29) is 5.41 Å². The van der Waals surface area contributed by atoms with Gasteiger partial charge in [-0.15, -0.1) is 0 Å². The van der Waals surface area contributed by atoms with Crippen molar-refractivity contribution in [3.63, 3.8) is 0 Å². The van der Waals surface area contributed by atoms with Crippen LogP contribution in [0.25, 0.3) is 0 Å². The number of ether oxygens (including phenoxy) is 1. The molecule has 2 N–H and O–H groups in total. The summed E-state index contributed by atoms with van der Waals surface area (Å²) in [7, 11) is 0. The fourth-order valence-corrected chi connectivity index (χ4v) is 1.46. The van der Waals surface area contributed by atoms with Crippen molar-refractivity contribution in [1.29, 1.82) is 0 Å². The molecule has 0 bridgehead atoms. The number of rotatable bonds is 5. The van der Waals surface area contributed by atoms with Crippen LogP contribution in [0.1, 0.15) is 51.8 Å². The summed E-state index contributed by atoms with van der Waals surface area (Å²) in [5, 5.41) is 0.